The molecule has 0 bridgehead atoms. The molecule has 2 aromatic carbocycles. The Morgan fingerprint density at radius 2 is 1.76 bits per heavy atom. The Hall–Kier alpha value is -2.13. The number of aryl methyl sites for hydroxylation is 1. The summed E-state index contributed by atoms with van der Waals surface area (Å²) < 4.78 is 29.9. The van der Waals surface area contributed by atoms with E-state index in [0.717, 1.165) is 11.3 Å². The second kappa shape index (κ2) is 8.71. The topological polar surface area (TPSA) is 88.9 Å². The van der Waals surface area contributed by atoms with Crippen molar-refractivity contribution in [3.8, 4) is 0 Å². The van der Waals surface area contributed by atoms with Crippen molar-refractivity contribution in [1.82, 2.24) is 19.5 Å². The molecule has 1 atom stereocenters. The van der Waals surface area contributed by atoms with Crippen molar-refractivity contribution >= 4 is 44.9 Å². The van der Waals surface area contributed by atoms with Gasteiger partial charge in [0.05, 0.1) is 21.0 Å². The number of nitrogens with zero attached hydrogens (tertiary/aromatic N) is 3. The monoisotopic (exact) mass is 453 g/mol. The molecule has 0 spiro atoms. The smallest absolute Gasteiger partial charge is 0.241 e. The molecule has 29 heavy (non-hydrogen) atoms. The third-order valence-corrected chi connectivity index (χ3v) is 6.60. The minimum atomic E-state index is -3.82. The maximum absolute atomic E-state index is 12.7. The van der Waals surface area contributed by atoms with Crippen molar-refractivity contribution in [3.05, 3.63) is 63.9 Å². The van der Waals surface area contributed by atoms with Crippen molar-refractivity contribution in [2.24, 2.45) is 0 Å². The predicted octanol–water partition coefficient (Wildman–Crippen LogP) is 4.70. The molecule has 0 saturated carbocycles. The van der Waals surface area contributed by atoms with Crippen LogP contribution in [0.25, 0.3) is 0 Å². The first-order valence-electron chi connectivity index (χ1n) is 8.95. The van der Waals surface area contributed by atoms with Gasteiger partial charge in [-0.1, -0.05) is 40.9 Å². The number of hydrogen-bond donors (Lipinski definition) is 2. The molecule has 154 valence electrons. The van der Waals surface area contributed by atoms with Crippen LogP contribution in [0.3, 0.4) is 0 Å². The lowest BCUT2D eigenvalue weighted by molar-refractivity contribution is 0.547. The lowest BCUT2D eigenvalue weighted by Gasteiger charge is -2.16. The van der Waals surface area contributed by atoms with E-state index in [-0.39, 0.29) is 14.9 Å². The molecule has 7 nitrogen and oxygen atoms in total. The summed E-state index contributed by atoms with van der Waals surface area (Å²) in [6.07, 6.45) is 0. The van der Waals surface area contributed by atoms with Gasteiger partial charge in [-0.2, -0.15) is 0 Å². The van der Waals surface area contributed by atoms with E-state index >= 15 is 0 Å². The predicted molar refractivity (Wildman–Crippen MR) is 115 cm³/mol. The average Bonchev–Trinajstić information content (AvgIpc) is 3.08. The van der Waals surface area contributed by atoms with Gasteiger partial charge in [0, 0.05) is 12.2 Å². The first-order chi connectivity index (χ1) is 13.7. The maximum atomic E-state index is 12.7. The van der Waals surface area contributed by atoms with E-state index in [9.17, 15) is 8.42 Å². The van der Waals surface area contributed by atoms with E-state index in [4.69, 9.17) is 23.2 Å². The Balaban J connectivity index is 1.83. The van der Waals surface area contributed by atoms with Gasteiger partial charge in [0.15, 0.2) is 5.82 Å². The molecule has 0 radical (unpaired) electrons. The Labute approximate surface area is 180 Å². The van der Waals surface area contributed by atoms with E-state index in [1.54, 1.807) is 6.92 Å². The SMILES string of the molecule is CCn1c(Nc2ccc(C)cc2)nnc1[C@@H](C)NS(=O)(=O)c1ccc(Cl)c(Cl)c1. The molecule has 1 heterocycles. The standard InChI is InChI=1S/C19H21Cl2N5O2S/c1-4-26-18(23-24-19(26)22-14-7-5-12(2)6-8-14)13(3)25-29(27,28)15-9-10-16(20)17(21)11-15/h5-11,13,25H,4H2,1-3H3,(H,22,24)/t13-/m1/s1. The molecule has 0 fully saturated rings. The highest BCUT2D eigenvalue weighted by Gasteiger charge is 2.24. The van der Waals surface area contributed by atoms with Crippen molar-refractivity contribution in [2.75, 3.05) is 5.32 Å². The summed E-state index contributed by atoms with van der Waals surface area (Å²) in [5.41, 5.74) is 2.02. The molecular formula is C19H21Cl2N5O2S. The Morgan fingerprint density at radius 1 is 1.07 bits per heavy atom. The fourth-order valence-corrected chi connectivity index (χ4v) is 4.39. The summed E-state index contributed by atoms with van der Waals surface area (Å²) in [5.74, 6) is 1.03. The molecule has 3 rings (SSSR count). The van der Waals surface area contributed by atoms with Gasteiger partial charge < -0.3 is 5.32 Å². The molecule has 0 saturated heterocycles. The van der Waals surface area contributed by atoms with E-state index in [2.05, 4.69) is 20.2 Å². The second-order valence-corrected chi connectivity index (χ2v) is 9.06. The van der Waals surface area contributed by atoms with Crippen LogP contribution in [0.15, 0.2) is 47.4 Å². The molecule has 0 unspecified atom stereocenters. The fraction of sp³-hybridized carbons (Fsp3) is 0.263. The third kappa shape index (κ3) is 4.90. The summed E-state index contributed by atoms with van der Waals surface area (Å²) in [5, 5.41) is 12.0. The van der Waals surface area contributed by atoms with Gasteiger partial charge in [0.25, 0.3) is 0 Å². The number of anilines is 2. The Kier molecular flexibility index (Phi) is 6.48. The van der Waals surface area contributed by atoms with Gasteiger partial charge in [-0.25, -0.2) is 13.1 Å². The average molecular weight is 454 g/mol. The van der Waals surface area contributed by atoms with Gasteiger partial charge in [0.1, 0.15) is 0 Å². The van der Waals surface area contributed by atoms with Crippen molar-refractivity contribution < 1.29 is 8.42 Å². The number of hydrogen-bond acceptors (Lipinski definition) is 5. The Bertz CT molecular complexity index is 1110. The summed E-state index contributed by atoms with van der Waals surface area (Å²) >= 11 is 11.8. The van der Waals surface area contributed by atoms with Crippen LogP contribution in [-0.4, -0.2) is 23.2 Å². The molecule has 0 aliphatic carbocycles. The van der Waals surface area contributed by atoms with Gasteiger partial charge in [-0.15, -0.1) is 10.2 Å². The fourth-order valence-electron chi connectivity index (χ4n) is 2.80. The first kappa shape index (κ1) is 21.6. The van der Waals surface area contributed by atoms with Crippen molar-refractivity contribution in [2.45, 2.75) is 38.3 Å². The molecular weight excluding hydrogens is 433 g/mol. The molecule has 3 aromatic rings. The van der Waals surface area contributed by atoms with Crippen LogP contribution in [0.4, 0.5) is 11.6 Å². The zero-order chi connectivity index (χ0) is 21.2. The summed E-state index contributed by atoms with van der Waals surface area (Å²) in [6, 6.07) is 11.4. The molecule has 0 aliphatic heterocycles. The van der Waals surface area contributed by atoms with E-state index in [1.807, 2.05) is 42.7 Å². The number of rotatable bonds is 7. The molecule has 2 N–H and O–H groups in total. The summed E-state index contributed by atoms with van der Waals surface area (Å²) in [4.78, 5) is 0.0271. The van der Waals surface area contributed by atoms with Gasteiger partial charge in [0.2, 0.25) is 16.0 Å². The van der Waals surface area contributed by atoms with Crippen molar-refractivity contribution in [1.29, 1.82) is 0 Å². The second-order valence-electron chi connectivity index (χ2n) is 6.54. The molecule has 0 aliphatic rings. The summed E-state index contributed by atoms with van der Waals surface area (Å²) in [7, 11) is -3.82. The largest absolute Gasteiger partial charge is 0.324 e. The zero-order valence-corrected chi connectivity index (χ0v) is 18.5. The number of nitrogens with one attached hydrogen (secondary N) is 2. The van der Waals surface area contributed by atoms with Crippen LogP contribution < -0.4 is 10.0 Å². The van der Waals surface area contributed by atoms with E-state index in [1.165, 1.54) is 18.2 Å². The minimum absolute atomic E-state index is 0.0271. The molecule has 1 aromatic heterocycles. The third-order valence-electron chi connectivity index (χ3n) is 4.32. The number of sulfonamides is 1. The van der Waals surface area contributed by atoms with Crippen LogP contribution in [-0.2, 0) is 16.6 Å². The number of benzene rings is 2. The molecule has 10 heteroatoms. The van der Waals surface area contributed by atoms with Gasteiger partial charge >= 0.3 is 0 Å². The van der Waals surface area contributed by atoms with Crippen LogP contribution in [0.1, 0.15) is 31.3 Å². The molecule has 0 amide bonds. The normalized spacial score (nSPS) is 12.7. The highest BCUT2D eigenvalue weighted by molar-refractivity contribution is 7.89. The van der Waals surface area contributed by atoms with Crippen LogP contribution in [0.5, 0.6) is 0 Å². The maximum Gasteiger partial charge on any atom is 0.241 e. The van der Waals surface area contributed by atoms with Crippen molar-refractivity contribution in [3.63, 3.8) is 0 Å². The highest BCUT2D eigenvalue weighted by atomic mass is 35.5. The first-order valence-corrected chi connectivity index (χ1v) is 11.2. The zero-order valence-electron chi connectivity index (χ0n) is 16.1. The van der Waals surface area contributed by atoms with Gasteiger partial charge in [-0.3, -0.25) is 4.57 Å². The van der Waals surface area contributed by atoms with E-state index in [0.29, 0.717) is 18.3 Å². The van der Waals surface area contributed by atoms with E-state index < -0.39 is 16.1 Å². The number of halogens is 2. The highest BCUT2D eigenvalue weighted by Crippen LogP contribution is 2.26. The number of aromatic nitrogens is 3. The minimum Gasteiger partial charge on any atom is -0.324 e. The lowest BCUT2D eigenvalue weighted by Crippen LogP contribution is -2.29. The Morgan fingerprint density at radius 3 is 2.38 bits per heavy atom. The van der Waals surface area contributed by atoms with Crippen LogP contribution >= 0.6 is 23.2 Å². The van der Waals surface area contributed by atoms with Gasteiger partial charge in [-0.05, 0) is 51.1 Å². The quantitative estimate of drug-likeness (QED) is 0.541. The lowest BCUT2D eigenvalue weighted by atomic mass is 10.2. The summed E-state index contributed by atoms with van der Waals surface area (Å²) in [6.45, 7) is 6.22. The van der Waals surface area contributed by atoms with Crippen LogP contribution in [0, 0.1) is 6.92 Å². The van der Waals surface area contributed by atoms with Crippen LogP contribution in [0.2, 0.25) is 10.0 Å².